The van der Waals surface area contributed by atoms with Gasteiger partial charge in [-0.05, 0) is 79.8 Å². The van der Waals surface area contributed by atoms with Gasteiger partial charge in [-0.15, -0.1) is 0 Å². The molecule has 16 aromatic rings. The second-order valence-electron chi connectivity index (χ2n) is 19.9. The Labute approximate surface area is 525 Å². The summed E-state index contributed by atoms with van der Waals surface area (Å²) in [5, 5.41) is -3.74. The van der Waals surface area contributed by atoms with Gasteiger partial charge in [0.2, 0.25) is 11.9 Å². The molecule has 0 saturated carbocycles. The molecule has 0 N–H and O–H groups in total. The van der Waals surface area contributed by atoms with Crippen LogP contribution >= 0.6 is 0 Å². The summed E-state index contributed by atoms with van der Waals surface area (Å²) in [6.07, 6.45) is 0. The first-order chi connectivity index (χ1) is 54.1. The Morgan fingerprint density at radius 3 is 1.56 bits per heavy atom. The number of para-hydroxylation sites is 6. The molecular formula is C76H47N5O2Si. The molecule has 0 fully saturated rings. The van der Waals surface area contributed by atoms with Crippen LogP contribution in [0, 0.1) is 0 Å². The zero-order valence-corrected chi connectivity index (χ0v) is 43.9. The van der Waals surface area contributed by atoms with Gasteiger partial charge in [0.1, 0.15) is 22.7 Å². The molecule has 84 heavy (non-hydrogen) atoms. The zero-order chi connectivity index (χ0) is 81.2. The van der Waals surface area contributed by atoms with Crippen LogP contribution in [0.15, 0.2) is 289 Å². The lowest BCUT2D eigenvalue weighted by Crippen LogP contribution is -2.74. The van der Waals surface area contributed by atoms with Gasteiger partial charge in [-0.1, -0.05) is 242 Å². The number of furan rings is 1. The van der Waals surface area contributed by atoms with Crippen molar-refractivity contribution in [2.75, 3.05) is 0 Å². The SMILES string of the molecule is [2H]c1c([2H])c([2H])c([Si](c2ccc3c(c2)Oc2ccccc2C32c3ccccc3-c3c2ccc2c3oc3ccccc32)(c2c([2H])c([2H])c([2H])c([2H])c2[2H])c2c([2H])c([2H])c([2H])c(-c3nc(-n4c5c([2H])c([2H])c([2H])c([2H])c5c5c([2H])c([2H])c([2H])c([2H])c54)nc(-n4c5c([2H])c([2H])c([2H])c([2H])c5c5c([2H])c([2H])c([2H])c([2H])c54)n3)c2[2H])c([2H])c1[2H]. The van der Waals surface area contributed by atoms with Crippen molar-refractivity contribution in [1.29, 1.82) is 0 Å². The normalized spacial score (nSPS) is 19.3. The fourth-order valence-corrected chi connectivity index (χ4v) is 16.5. The summed E-state index contributed by atoms with van der Waals surface area (Å²) < 4.78 is 301. The van der Waals surface area contributed by atoms with Crippen LogP contribution < -0.4 is 25.5 Å². The number of rotatable bonds is 7. The average molecular weight is 1120 g/mol. The van der Waals surface area contributed by atoms with Gasteiger partial charge < -0.3 is 9.15 Å². The Morgan fingerprint density at radius 2 is 0.917 bits per heavy atom. The molecule has 392 valence electrons. The van der Waals surface area contributed by atoms with Crippen LogP contribution in [0.3, 0.4) is 0 Å². The molecule has 1 spiro atoms. The number of hydrogen-bond donors (Lipinski definition) is 0. The zero-order valence-electron chi connectivity index (χ0n) is 72.9. The van der Waals surface area contributed by atoms with Gasteiger partial charge in [0.05, 0.1) is 68.6 Å². The average Bonchev–Trinajstić information content (AvgIpc) is 1.44. The van der Waals surface area contributed by atoms with Gasteiger partial charge in [-0.2, -0.15) is 15.0 Å². The molecule has 4 aromatic heterocycles. The number of hydrogen-bond acceptors (Lipinski definition) is 5. The highest BCUT2D eigenvalue weighted by atomic mass is 28.3. The van der Waals surface area contributed by atoms with E-state index in [1.165, 1.54) is 12.1 Å². The van der Waals surface area contributed by atoms with E-state index in [2.05, 4.69) is 0 Å². The molecule has 2 aliphatic rings. The first-order valence-corrected chi connectivity index (χ1v) is 28.1. The monoisotopic (exact) mass is 1120 g/mol. The van der Waals surface area contributed by atoms with Crippen molar-refractivity contribution in [2.24, 2.45) is 0 Å². The molecule has 1 aliphatic heterocycles. The van der Waals surface area contributed by atoms with Crippen molar-refractivity contribution < 1.29 is 50.3 Å². The summed E-state index contributed by atoms with van der Waals surface area (Å²) in [6, 6.07) is 0.106. The highest BCUT2D eigenvalue weighted by Crippen LogP contribution is 2.63. The lowest BCUT2D eigenvalue weighted by molar-refractivity contribution is 0.437. The molecule has 0 bridgehead atoms. The van der Waals surface area contributed by atoms with Crippen LogP contribution in [-0.2, 0) is 5.41 Å². The fraction of sp³-hybridized carbons (Fsp3) is 0.0132. The molecule has 1 atom stereocenters. The van der Waals surface area contributed by atoms with Crippen LogP contribution in [0.4, 0.5) is 0 Å². The maximum absolute atomic E-state index is 11.2. The van der Waals surface area contributed by atoms with E-state index >= 15 is 0 Å². The number of ether oxygens (including phenoxy) is 1. The summed E-state index contributed by atoms with van der Waals surface area (Å²) in [5.41, 5.74) is -0.292. The van der Waals surface area contributed by atoms with Crippen molar-refractivity contribution in [2.45, 2.75) is 5.41 Å². The Kier molecular flexibility index (Phi) is 5.57. The van der Waals surface area contributed by atoms with E-state index in [9.17, 15) is 27.4 Å². The predicted octanol–water partition coefficient (Wildman–Crippen LogP) is 15.5. The molecule has 5 heterocycles. The Hall–Kier alpha value is -10.9. The summed E-state index contributed by atoms with van der Waals surface area (Å²) >= 11 is 0. The summed E-state index contributed by atoms with van der Waals surface area (Å²) in [6.45, 7) is 0. The first kappa shape index (κ1) is 26.3. The Bertz CT molecular complexity index is 6800. The fourth-order valence-electron chi connectivity index (χ4n) is 12.6. The molecule has 12 aromatic carbocycles. The highest BCUT2D eigenvalue weighted by molar-refractivity contribution is 7.20. The first-order valence-electron chi connectivity index (χ1n) is 41.1. The number of benzene rings is 12. The van der Waals surface area contributed by atoms with Crippen LogP contribution in [0.25, 0.3) is 100.0 Å². The molecule has 1 aliphatic carbocycles. The molecule has 0 saturated heterocycles. The third-order valence-electron chi connectivity index (χ3n) is 15.9. The molecule has 0 radical (unpaired) electrons. The lowest BCUT2D eigenvalue weighted by atomic mass is 9.66. The van der Waals surface area contributed by atoms with Crippen LogP contribution in [0.2, 0.25) is 0 Å². The van der Waals surface area contributed by atoms with Gasteiger partial charge in [0, 0.05) is 54.6 Å². The van der Waals surface area contributed by atoms with E-state index < -0.39 is 277 Å². The quantitative estimate of drug-likeness (QED) is 0.117. The number of fused-ring (bicyclic) bond motifs is 19. The van der Waals surface area contributed by atoms with Crippen LogP contribution in [-0.4, -0.2) is 32.2 Å². The summed E-state index contributed by atoms with van der Waals surface area (Å²) in [5.74, 6) is -2.97. The third kappa shape index (κ3) is 6.37. The summed E-state index contributed by atoms with van der Waals surface area (Å²) in [4.78, 5) is 14.3. The predicted molar refractivity (Wildman–Crippen MR) is 342 cm³/mol. The van der Waals surface area contributed by atoms with E-state index in [4.69, 9.17) is 37.8 Å². The van der Waals surface area contributed by atoms with Gasteiger partial charge in [0.15, 0.2) is 13.9 Å². The maximum atomic E-state index is 11.2. The maximum Gasteiger partial charge on any atom is 0.240 e. The number of aromatic nitrogens is 5. The minimum atomic E-state index is -6.23. The second kappa shape index (κ2) is 17.8. The van der Waals surface area contributed by atoms with Crippen molar-refractivity contribution in [3.8, 4) is 45.9 Å². The molecular weight excluding hydrogens is 1040 g/mol. The molecule has 7 nitrogen and oxygen atoms in total. The minimum Gasteiger partial charge on any atom is -0.457 e. The van der Waals surface area contributed by atoms with E-state index in [0.29, 0.717) is 39.0 Å². The van der Waals surface area contributed by atoms with Gasteiger partial charge in [-0.3, -0.25) is 9.13 Å². The van der Waals surface area contributed by atoms with Crippen LogP contribution in [0.1, 0.15) is 63.4 Å². The van der Waals surface area contributed by atoms with Crippen molar-refractivity contribution in [3.05, 3.63) is 307 Å². The summed E-state index contributed by atoms with van der Waals surface area (Å²) in [7, 11) is -6.23. The van der Waals surface area contributed by atoms with Gasteiger partial charge >= 0.3 is 0 Å². The van der Waals surface area contributed by atoms with Crippen LogP contribution in [0.5, 0.6) is 11.5 Å². The number of nitrogens with zero attached hydrogens (tertiary/aromatic N) is 5. The highest BCUT2D eigenvalue weighted by Gasteiger charge is 2.53. The third-order valence-corrected chi connectivity index (χ3v) is 20.1. The van der Waals surface area contributed by atoms with Crippen molar-refractivity contribution >= 4 is 94.4 Å². The van der Waals surface area contributed by atoms with E-state index in [1.54, 1.807) is 18.2 Å². The largest absolute Gasteiger partial charge is 0.457 e. The molecule has 8 heteroatoms. The van der Waals surface area contributed by atoms with E-state index in [1.807, 2.05) is 72.8 Å². The van der Waals surface area contributed by atoms with Crippen molar-refractivity contribution in [1.82, 2.24) is 24.1 Å². The standard InChI is InChI=1S/C76H47N5O2Si/c1-3-23-49(24-4-1)84(50-25-5-2-6-26-50,52-42-44-62-70(47-52)82-69-41-20-14-35-61(69)76(62)60-34-13-7-33-59(60)71-63(76)45-43-58-57-32-12-19-40-68(57)83-72(58)71)51-27-21-22-48(46-51)73-77-74(80-64-36-15-8-28-53(64)54-29-9-16-37-65(54)80)79-75(78-73)81-66-38-17-10-30-55(66)56-31-11-18-39-67(56)81/h1-47H/i1D,2D,3D,4D,5D,6D,8D,9D,10D,11D,15D,16D,17D,18D,21D,22D,23D,24D,25D,26D,27D,28D,29D,30D,31D,36D,37D,38D,39D,46D. The second-order valence-corrected chi connectivity index (χ2v) is 23.5. The lowest BCUT2D eigenvalue weighted by Gasteiger charge is -2.41. The minimum absolute atomic E-state index is 0.0762. The molecule has 0 amide bonds. The Morgan fingerprint density at radius 1 is 0.393 bits per heavy atom. The van der Waals surface area contributed by atoms with E-state index in [0.717, 1.165) is 25.5 Å². The van der Waals surface area contributed by atoms with Crippen molar-refractivity contribution in [3.63, 3.8) is 0 Å². The molecule has 18 rings (SSSR count). The van der Waals surface area contributed by atoms with Gasteiger partial charge in [0.25, 0.3) is 0 Å². The van der Waals surface area contributed by atoms with Gasteiger partial charge in [-0.25, -0.2) is 0 Å². The Balaban J connectivity index is 1.04. The topological polar surface area (TPSA) is 70.9 Å². The molecule has 1 unspecified atom stereocenters. The smallest absolute Gasteiger partial charge is 0.240 e. The van der Waals surface area contributed by atoms with E-state index in [-0.39, 0.29) is 16.7 Å².